The molecule has 0 spiro atoms. The lowest BCUT2D eigenvalue weighted by molar-refractivity contribution is 0.145. The van der Waals surface area contributed by atoms with Crippen LogP contribution in [0, 0.1) is 0 Å². The lowest BCUT2D eigenvalue weighted by Gasteiger charge is -2.37. The van der Waals surface area contributed by atoms with Crippen LogP contribution in [0.25, 0.3) is 0 Å². The largest absolute Gasteiger partial charge is 0.314 e. The number of nitrogens with zero attached hydrogens (tertiary/aromatic N) is 1. The second-order valence-electron chi connectivity index (χ2n) is 3.97. The Kier molecular flexibility index (Phi) is 3.78. The number of benzene rings is 1. The summed E-state index contributed by atoms with van der Waals surface area (Å²) in [6, 6.07) is 9.20. The zero-order valence-electron chi connectivity index (χ0n) is 9.04. The van der Waals surface area contributed by atoms with Gasteiger partial charge in [-0.05, 0) is 18.2 Å². The first-order chi connectivity index (χ1) is 7.31. The Morgan fingerprint density at radius 2 is 2.13 bits per heavy atom. The van der Waals surface area contributed by atoms with Crippen LogP contribution in [0.4, 0.5) is 0 Å². The van der Waals surface area contributed by atoms with Gasteiger partial charge in [-0.2, -0.15) is 0 Å². The van der Waals surface area contributed by atoms with Crippen LogP contribution >= 0.6 is 15.9 Å². The van der Waals surface area contributed by atoms with E-state index in [-0.39, 0.29) is 0 Å². The first kappa shape index (κ1) is 11.1. The van der Waals surface area contributed by atoms with E-state index in [2.05, 4.69) is 57.3 Å². The van der Waals surface area contributed by atoms with Gasteiger partial charge in [-0.3, -0.25) is 4.90 Å². The van der Waals surface area contributed by atoms with Gasteiger partial charge in [-0.15, -0.1) is 0 Å². The highest BCUT2D eigenvalue weighted by Gasteiger charge is 2.23. The van der Waals surface area contributed by atoms with Gasteiger partial charge in [0.25, 0.3) is 0 Å². The van der Waals surface area contributed by atoms with E-state index in [0.717, 1.165) is 32.2 Å². The molecule has 1 saturated heterocycles. The van der Waals surface area contributed by atoms with Crippen molar-refractivity contribution in [2.24, 2.45) is 0 Å². The smallest absolute Gasteiger partial charge is 0.0348 e. The standard InChI is InChI=1S/C12H17BrN2/c1-2-15(11-7-14-8-11)9-10-5-3-4-6-12(10)13/h3-6,11,14H,2,7-9H2,1H3. The normalized spacial score (nSPS) is 16.7. The van der Waals surface area contributed by atoms with E-state index in [0.29, 0.717) is 0 Å². The molecule has 0 atom stereocenters. The van der Waals surface area contributed by atoms with E-state index in [1.54, 1.807) is 0 Å². The maximum Gasteiger partial charge on any atom is 0.0348 e. The van der Waals surface area contributed by atoms with Crippen molar-refractivity contribution in [3.63, 3.8) is 0 Å². The Bertz CT molecular complexity index is 323. The summed E-state index contributed by atoms with van der Waals surface area (Å²) in [6.45, 7) is 6.67. The molecule has 0 aliphatic carbocycles. The lowest BCUT2D eigenvalue weighted by Crippen LogP contribution is -2.56. The molecule has 3 heteroatoms. The second-order valence-corrected chi connectivity index (χ2v) is 4.82. The van der Waals surface area contributed by atoms with Crippen LogP contribution < -0.4 is 5.32 Å². The van der Waals surface area contributed by atoms with E-state index in [4.69, 9.17) is 0 Å². The molecule has 1 aromatic carbocycles. The van der Waals surface area contributed by atoms with Crippen LogP contribution in [0.1, 0.15) is 12.5 Å². The van der Waals surface area contributed by atoms with Crippen molar-refractivity contribution in [3.05, 3.63) is 34.3 Å². The van der Waals surface area contributed by atoms with Crippen molar-refractivity contribution in [3.8, 4) is 0 Å². The number of likely N-dealkylation sites (N-methyl/N-ethyl adjacent to an activating group) is 1. The second kappa shape index (κ2) is 5.10. The Balaban J connectivity index is 2.02. The van der Waals surface area contributed by atoms with Gasteiger partial charge in [0.2, 0.25) is 0 Å². The van der Waals surface area contributed by atoms with Crippen molar-refractivity contribution in [2.75, 3.05) is 19.6 Å². The highest BCUT2D eigenvalue weighted by Crippen LogP contribution is 2.19. The van der Waals surface area contributed by atoms with Crippen molar-refractivity contribution in [2.45, 2.75) is 19.5 Å². The summed E-state index contributed by atoms with van der Waals surface area (Å²) in [7, 11) is 0. The Morgan fingerprint density at radius 3 is 2.67 bits per heavy atom. The number of hydrogen-bond donors (Lipinski definition) is 1. The molecule has 1 heterocycles. The quantitative estimate of drug-likeness (QED) is 0.901. The minimum Gasteiger partial charge on any atom is -0.314 e. The number of hydrogen-bond acceptors (Lipinski definition) is 2. The minimum absolute atomic E-state index is 0.724. The molecule has 15 heavy (non-hydrogen) atoms. The molecule has 1 aromatic rings. The monoisotopic (exact) mass is 268 g/mol. The molecule has 1 aliphatic rings. The summed E-state index contributed by atoms with van der Waals surface area (Å²) in [4.78, 5) is 2.52. The predicted molar refractivity (Wildman–Crippen MR) is 66.9 cm³/mol. The molecule has 1 N–H and O–H groups in total. The van der Waals surface area contributed by atoms with Crippen LogP contribution in [0.5, 0.6) is 0 Å². The molecule has 0 aromatic heterocycles. The average Bonchev–Trinajstić information content (AvgIpc) is 2.17. The SMILES string of the molecule is CCN(Cc1ccccc1Br)C1CNC1. The molecule has 0 saturated carbocycles. The topological polar surface area (TPSA) is 15.3 Å². The number of rotatable bonds is 4. The third kappa shape index (κ3) is 2.60. The molecule has 0 radical (unpaired) electrons. The molecule has 1 fully saturated rings. The van der Waals surface area contributed by atoms with Gasteiger partial charge < -0.3 is 5.32 Å². The molecular formula is C12H17BrN2. The average molecular weight is 269 g/mol. The predicted octanol–water partition coefficient (Wildman–Crippen LogP) is 2.24. The summed E-state index contributed by atoms with van der Waals surface area (Å²) in [5, 5.41) is 3.32. The fourth-order valence-corrected chi connectivity index (χ4v) is 2.29. The van der Waals surface area contributed by atoms with Crippen LogP contribution in [0.15, 0.2) is 28.7 Å². The Hall–Kier alpha value is -0.380. The molecule has 82 valence electrons. The maximum atomic E-state index is 3.60. The minimum atomic E-state index is 0.724. The summed E-state index contributed by atoms with van der Waals surface area (Å²) in [5.41, 5.74) is 1.38. The molecule has 2 rings (SSSR count). The van der Waals surface area contributed by atoms with Crippen molar-refractivity contribution >= 4 is 15.9 Å². The van der Waals surface area contributed by atoms with Gasteiger partial charge in [0.15, 0.2) is 0 Å². The molecule has 0 bridgehead atoms. The van der Waals surface area contributed by atoms with E-state index in [1.807, 2.05) is 0 Å². The van der Waals surface area contributed by atoms with E-state index in [1.165, 1.54) is 10.0 Å². The van der Waals surface area contributed by atoms with E-state index >= 15 is 0 Å². The van der Waals surface area contributed by atoms with Gasteiger partial charge in [0.1, 0.15) is 0 Å². The summed E-state index contributed by atoms with van der Waals surface area (Å²) in [6.07, 6.45) is 0. The Morgan fingerprint density at radius 1 is 1.40 bits per heavy atom. The van der Waals surface area contributed by atoms with Crippen molar-refractivity contribution in [1.82, 2.24) is 10.2 Å². The maximum absolute atomic E-state index is 3.60. The van der Waals surface area contributed by atoms with Crippen molar-refractivity contribution in [1.29, 1.82) is 0 Å². The zero-order chi connectivity index (χ0) is 10.7. The Labute approximate surface area is 99.8 Å². The highest BCUT2D eigenvalue weighted by atomic mass is 79.9. The molecule has 2 nitrogen and oxygen atoms in total. The lowest BCUT2D eigenvalue weighted by atomic mass is 10.1. The van der Waals surface area contributed by atoms with Gasteiger partial charge in [-0.1, -0.05) is 41.1 Å². The third-order valence-electron chi connectivity index (χ3n) is 3.01. The zero-order valence-corrected chi connectivity index (χ0v) is 10.6. The van der Waals surface area contributed by atoms with Gasteiger partial charge in [0, 0.05) is 30.1 Å². The first-order valence-corrected chi connectivity index (χ1v) is 6.28. The van der Waals surface area contributed by atoms with Crippen LogP contribution in [-0.4, -0.2) is 30.6 Å². The fourth-order valence-electron chi connectivity index (χ4n) is 1.88. The van der Waals surface area contributed by atoms with Gasteiger partial charge >= 0.3 is 0 Å². The molecule has 0 unspecified atom stereocenters. The van der Waals surface area contributed by atoms with Gasteiger partial charge in [0.05, 0.1) is 0 Å². The summed E-state index contributed by atoms with van der Waals surface area (Å²) >= 11 is 3.60. The highest BCUT2D eigenvalue weighted by molar-refractivity contribution is 9.10. The number of halogens is 1. The third-order valence-corrected chi connectivity index (χ3v) is 3.79. The molecule has 1 aliphatic heterocycles. The van der Waals surface area contributed by atoms with Crippen LogP contribution in [-0.2, 0) is 6.54 Å². The molecule has 0 amide bonds. The first-order valence-electron chi connectivity index (χ1n) is 5.49. The van der Waals surface area contributed by atoms with E-state index in [9.17, 15) is 0 Å². The van der Waals surface area contributed by atoms with Crippen molar-refractivity contribution < 1.29 is 0 Å². The van der Waals surface area contributed by atoms with Crippen LogP contribution in [0.3, 0.4) is 0 Å². The molecular weight excluding hydrogens is 252 g/mol. The fraction of sp³-hybridized carbons (Fsp3) is 0.500. The summed E-state index contributed by atoms with van der Waals surface area (Å²) in [5.74, 6) is 0. The summed E-state index contributed by atoms with van der Waals surface area (Å²) < 4.78 is 1.22. The number of nitrogens with one attached hydrogen (secondary N) is 1. The van der Waals surface area contributed by atoms with Crippen LogP contribution in [0.2, 0.25) is 0 Å². The van der Waals surface area contributed by atoms with E-state index < -0.39 is 0 Å². The van der Waals surface area contributed by atoms with Gasteiger partial charge in [-0.25, -0.2) is 0 Å².